The molecule has 1 aromatic heterocycles. The van der Waals surface area contributed by atoms with Crippen LogP contribution >= 0.6 is 11.6 Å². The van der Waals surface area contributed by atoms with E-state index in [0.717, 1.165) is 5.57 Å². The second-order valence-electron chi connectivity index (χ2n) is 2.83. The highest BCUT2D eigenvalue weighted by Crippen LogP contribution is 2.13. The van der Waals surface area contributed by atoms with Gasteiger partial charge in [-0.3, -0.25) is 0 Å². The molecule has 0 unspecified atom stereocenters. The van der Waals surface area contributed by atoms with Crippen LogP contribution in [0.25, 0.3) is 5.57 Å². The summed E-state index contributed by atoms with van der Waals surface area (Å²) in [5.41, 5.74) is 0.903. The zero-order valence-corrected chi connectivity index (χ0v) is 8.59. The monoisotopic (exact) mass is 217 g/mol. The van der Waals surface area contributed by atoms with Gasteiger partial charge in [0.15, 0.2) is 5.82 Å². The van der Waals surface area contributed by atoms with Crippen LogP contribution in [0.2, 0.25) is 5.28 Å². The lowest BCUT2D eigenvalue weighted by Crippen LogP contribution is -1.94. The van der Waals surface area contributed by atoms with E-state index in [0.29, 0.717) is 5.82 Å². The fraction of sp³-hybridized carbons (Fsp3) is 0. The number of hydrogen-bond donors (Lipinski definition) is 0. The highest BCUT2D eigenvalue weighted by Gasteiger charge is 2.02. The van der Waals surface area contributed by atoms with Crippen molar-refractivity contribution in [1.29, 1.82) is 0 Å². The lowest BCUT2D eigenvalue weighted by atomic mass is 10.2. The minimum atomic E-state index is 0.205. The number of allylic oxidation sites excluding steroid dienone is 8. The molecule has 15 heavy (non-hydrogen) atoms. The molecule has 2 rings (SSSR count). The molecule has 1 aliphatic rings. The summed E-state index contributed by atoms with van der Waals surface area (Å²) in [4.78, 5) is 11.8. The molecule has 0 bridgehead atoms. The first kappa shape index (κ1) is 9.80. The number of aromatic nitrogens is 3. The van der Waals surface area contributed by atoms with Gasteiger partial charge in [-0.25, -0.2) is 9.97 Å². The van der Waals surface area contributed by atoms with Crippen molar-refractivity contribution in [3.63, 3.8) is 0 Å². The molecule has 1 aliphatic carbocycles. The Morgan fingerprint density at radius 3 is 2.60 bits per heavy atom. The first-order valence-corrected chi connectivity index (χ1v) is 4.81. The molecule has 74 valence electrons. The largest absolute Gasteiger partial charge is 0.225 e. The van der Waals surface area contributed by atoms with Gasteiger partial charge in [0.1, 0.15) is 6.33 Å². The molecular formula is C11H8ClN3. The standard InChI is InChI=1S/C11H8ClN3/c12-11-14-8-13-10(15-11)9-6-4-2-1-3-5-7-9/h1-8H. The molecule has 0 saturated carbocycles. The van der Waals surface area contributed by atoms with Crippen LogP contribution in [-0.4, -0.2) is 15.0 Å². The Bertz CT molecular complexity index is 472. The molecule has 0 spiro atoms. The second-order valence-corrected chi connectivity index (χ2v) is 3.17. The van der Waals surface area contributed by atoms with Crippen LogP contribution < -0.4 is 0 Å². The minimum Gasteiger partial charge on any atom is -0.216 e. The van der Waals surface area contributed by atoms with Crippen LogP contribution in [0.3, 0.4) is 0 Å². The predicted molar refractivity (Wildman–Crippen MR) is 60.2 cm³/mol. The van der Waals surface area contributed by atoms with Gasteiger partial charge in [0.25, 0.3) is 0 Å². The summed E-state index contributed by atoms with van der Waals surface area (Å²) in [5.74, 6) is 0.575. The van der Waals surface area contributed by atoms with Gasteiger partial charge in [0.2, 0.25) is 5.28 Å². The Kier molecular flexibility index (Phi) is 3.05. The first-order valence-electron chi connectivity index (χ1n) is 4.43. The summed E-state index contributed by atoms with van der Waals surface area (Å²) in [7, 11) is 0. The van der Waals surface area contributed by atoms with E-state index in [-0.39, 0.29) is 5.28 Å². The van der Waals surface area contributed by atoms with Gasteiger partial charge in [0, 0.05) is 5.57 Å². The molecule has 0 saturated heterocycles. The molecule has 0 amide bonds. The smallest absolute Gasteiger partial charge is 0.216 e. The van der Waals surface area contributed by atoms with E-state index < -0.39 is 0 Å². The summed E-state index contributed by atoms with van der Waals surface area (Å²) in [6.07, 6.45) is 14.9. The fourth-order valence-corrected chi connectivity index (χ4v) is 1.25. The van der Waals surface area contributed by atoms with Gasteiger partial charge in [-0.05, 0) is 11.6 Å². The van der Waals surface area contributed by atoms with Crippen LogP contribution in [0.4, 0.5) is 0 Å². The van der Waals surface area contributed by atoms with Crippen molar-refractivity contribution in [3.8, 4) is 0 Å². The molecule has 0 fully saturated rings. The zero-order chi connectivity index (χ0) is 10.5. The second kappa shape index (κ2) is 4.66. The Labute approximate surface area is 92.5 Å². The third kappa shape index (κ3) is 2.60. The van der Waals surface area contributed by atoms with Crippen molar-refractivity contribution >= 4 is 17.2 Å². The van der Waals surface area contributed by atoms with E-state index in [1.54, 1.807) is 0 Å². The van der Waals surface area contributed by atoms with Crippen molar-refractivity contribution in [2.45, 2.75) is 0 Å². The third-order valence-electron chi connectivity index (χ3n) is 1.80. The Morgan fingerprint density at radius 1 is 0.933 bits per heavy atom. The lowest BCUT2D eigenvalue weighted by molar-refractivity contribution is 1.02. The molecule has 3 nitrogen and oxygen atoms in total. The Balaban J connectivity index is 2.38. The average Bonchev–Trinajstić information content (AvgIpc) is 2.16. The van der Waals surface area contributed by atoms with Gasteiger partial charge in [-0.15, -0.1) is 0 Å². The first-order chi connectivity index (χ1) is 7.36. The molecule has 0 aromatic carbocycles. The van der Waals surface area contributed by atoms with Crippen LogP contribution in [0.1, 0.15) is 5.82 Å². The highest BCUT2D eigenvalue weighted by atomic mass is 35.5. The van der Waals surface area contributed by atoms with E-state index in [1.165, 1.54) is 6.33 Å². The number of halogens is 1. The van der Waals surface area contributed by atoms with Crippen LogP contribution in [0, 0.1) is 0 Å². The number of nitrogens with zero attached hydrogens (tertiary/aromatic N) is 3. The van der Waals surface area contributed by atoms with E-state index in [1.807, 2.05) is 42.5 Å². The van der Waals surface area contributed by atoms with Gasteiger partial charge < -0.3 is 0 Å². The maximum Gasteiger partial charge on any atom is 0.225 e. The van der Waals surface area contributed by atoms with Crippen LogP contribution in [0.15, 0.2) is 48.9 Å². The molecule has 4 heteroatoms. The lowest BCUT2D eigenvalue weighted by Gasteiger charge is -1.99. The summed E-state index contributed by atoms with van der Waals surface area (Å²) < 4.78 is 0. The molecule has 0 N–H and O–H groups in total. The van der Waals surface area contributed by atoms with Crippen molar-refractivity contribution in [2.24, 2.45) is 0 Å². The van der Waals surface area contributed by atoms with E-state index >= 15 is 0 Å². The van der Waals surface area contributed by atoms with Crippen molar-refractivity contribution in [3.05, 3.63) is 60.0 Å². The predicted octanol–water partition coefficient (Wildman–Crippen LogP) is 2.59. The van der Waals surface area contributed by atoms with Crippen LogP contribution in [0.5, 0.6) is 0 Å². The average molecular weight is 218 g/mol. The number of rotatable bonds is 1. The minimum absolute atomic E-state index is 0.205. The molecular weight excluding hydrogens is 210 g/mol. The van der Waals surface area contributed by atoms with E-state index in [9.17, 15) is 0 Å². The highest BCUT2D eigenvalue weighted by molar-refractivity contribution is 6.28. The quantitative estimate of drug-likeness (QED) is 0.726. The maximum atomic E-state index is 5.69. The van der Waals surface area contributed by atoms with Crippen molar-refractivity contribution < 1.29 is 0 Å². The van der Waals surface area contributed by atoms with Gasteiger partial charge in [-0.2, -0.15) is 4.98 Å². The van der Waals surface area contributed by atoms with Crippen molar-refractivity contribution in [2.75, 3.05) is 0 Å². The SMILES string of the molecule is Clc1ncnc(C2=CC=CC=CC=C2)n1. The molecule has 1 aromatic rings. The summed E-state index contributed by atoms with van der Waals surface area (Å²) in [5, 5.41) is 0.205. The normalized spacial score (nSPS) is 14.6. The van der Waals surface area contributed by atoms with Gasteiger partial charge >= 0.3 is 0 Å². The Morgan fingerprint density at radius 2 is 1.73 bits per heavy atom. The van der Waals surface area contributed by atoms with Gasteiger partial charge in [-0.1, -0.05) is 42.5 Å². The zero-order valence-electron chi connectivity index (χ0n) is 7.84. The van der Waals surface area contributed by atoms with Crippen LogP contribution in [-0.2, 0) is 0 Å². The van der Waals surface area contributed by atoms with E-state index in [4.69, 9.17) is 11.6 Å². The maximum absolute atomic E-state index is 5.69. The Hall–Kier alpha value is -1.74. The number of hydrogen-bond acceptors (Lipinski definition) is 3. The summed E-state index contributed by atoms with van der Waals surface area (Å²) in [6, 6.07) is 0. The molecule has 1 heterocycles. The van der Waals surface area contributed by atoms with E-state index in [2.05, 4.69) is 15.0 Å². The fourth-order valence-electron chi connectivity index (χ4n) is 1.13. The third-order valence-corrected chi connectivity index (χ3v) is 1.98. The summed E-state index contributed by atoms with van der Waals surface area (Å²) in [6.45, 7) is 0. The topological polar surface area (TPSA) is 38.7 Å². The van der Waals surface area contributed by atoms with Gasteiger partial charge in [0.05, 0.1) is 0 Å². The molecule has 0 aliphatic heterocycles. The molecule has 0 atom stereocenters. The summed E-state index contributed by atoms with van der Waals surface area (Å²) >= 11 is 5.69. The molecule has 0 radical (unpaired) electrons. The van der Waals surface area contributed by atoms with Crippen molar-refractivity contribution in [1.82, 2.24) is 15.0 Å².